The second kappa shape index (κ2) is 8.17. The van der Waals surface area contributed by atoms with E-state index >= 15 is 0 Å². The normalized spacial score (nSPS) is 13.6. The summed E-state index contributed by atoms with van der Waals surface area (Å²) >= 11 is 1.50. The number of amides is 1. The van der Waals surface area contributed by atoms with E-state index in [1.165, 1.54) is 11.8 Å². The molecular formula is C17H23N3O2S. The molecule has 0 saturated carbocycles. The van der Waals surface area contributed by atoms with E-state index in [1.807, 2.05) is 48.1 Å². The van der Waals surface area contributed by atoms with Crippen LogP contribution in [0.25, 0.3) is 5.69 Å². The van der Waals surface area contributed by atoms with E-state index in [9.17, 15) is 9.90 Å². The SMILES string of the molecule is CSc1ncc(C(=O)NCC(C)CC(C)O)n1-c1ccccc1. The van der Waals surface area contributed by atoms with Crippen molar-refractivity contribution >= 4 is 17.7 Å². The fraction of sp³-hybridized carbons (Fsp3) is 0.412. The molecule has 2 unspecified atom stereocenters. The van der Waals surface area contributed by atoms with Gasteiger partial charge in [0.25, 0.3) is 5.91 Å². The standard InChI is InChI=1S/C17H23N3O2S/c1-12(9-13(2)21)10-18-16(22)15-11-19-17(23-3)20(15)14-7-5-4-6-8-14/h4-8,11-13,21H,9-10H2,1-3H3,(H,18,22). The summed E-state index contributed by atoms with van der Waals surface area (Å²) in [6.07, 6.45) is 3.84. The molecule has 0 radical (unpaired) electrons. The molecule has 6 heteroatoms. The van der Waals surface area contributed by atoms with Crippen molar-refractivity contribution in [1.82, 2.24) is 14.9 Å². The molecule has 0 fully saturated rings. The number of para-hydroxylation sites is 1. The minimum atomic E-state index is -0.361. The molecule has 2 N–H and O–H groups in total. The number of hydrogen-bond donors (Lipinski definition) is 2. The number of hydrogen-bond acceptors (Lipinski definition) is 4. The second-order valence-electron chi connectivity index (χ2n) is 5.70. The Bertz CT molecular complexity index is 641. The first-order chi connectivity index (χ1) is 11.0. The number of nitrogens with zero attached hydrogens (tertiary/aromatic N) is 2. The van der Waals surface area contributed by atoms with Crippen LogP contribution in [0.1, 0.15) is 30.8 Å². The number of nitrogens with one attached hydrogen (secondary N) is 1. The quantitative estimate of drug-likeness (QED) is 0.765. The molecule has 0 spiro atoms. The van der Waals surface area contributed by atoms with Gasteiger partial charge in [0, 0.05) is 12.2 Å². The topological polar surface area (TPSA) is 67.2 Å². The molecule has 2 atom stereocenters. The van der Waals surface area contributed by atoms with Crippen molar-refractivity contribution in [1.29, 1.82) is 0 Å². The van der Waals surface area contributed by atoms with Gasteiger partial charge in [0.1, 0.15) is 5.69 Å². The molecule has 1 aromatic carbocycles. The maximum Gasteiger partial charge on any atom is 0.269 e. The molecule has 2 aromatic rings. The molecule has 23 heavy (non-hydrogen) atoms. The first-order valence-electron chi connectivity index (χ1n) is 7.66. The number of benzene rings is 1. The van der Waals surface area contributed by atoms with Crippen molar-refractivity contribution in [3.8, 4) is 5.69 Å². The molecule has 2 rings (SSSR count). The van der Waals surface area contributed by atoms with Gasteiger partial charge in [-0.1, -0.05) is 36.9 Å². The van der Waals surface area contributed by atoms with Crippen molar-refractivity contribution in [2.75, 3.05) is 12.8 Å². The maximum absolute atomic E-state index is 12.5. The van der Waals surface area contributed by atoms with Crippen LogP contribution in [0.5, 0.6) is 0 Å². The molecule has 124 valence electrons. The summed E-state index contributed by atoms with van der Waals surface area (Å²) in [6, 6.07) is 9.72. The Kier molecular flexibility index (Phi) is 6.24. The summed E-state index contributed by atoms with van der Waals surface area (Å²) in [5.74, 6) is 0.0613. The Hall–Kier alpha value is -1.79. The Labute approximate surface area is 141 Å². The lowest BCUT2D eigenvalue weighted by Crippen LogP contribution is -2.30. The van der Waals surface area contributed by atoms with E-state index in [0.717, 1.165) is 10.8 Å². The van der Waals surface area contributed by atoms with Crippen LogP contribution in [-0.2, 0) is 0 Å². The highest BCUT2D eigenvalue weighted by molar-refractivity contribution is 7.98. The van der Waals surface area contributed by atoms with Crippen LogP contribution in [0.15, 0.2) is 41.7 Å². The highest BCUT2D eigenvalue weighted by Gasteiger charge is 2.18. The first kappa shape index (κ1) is 17.6. The number of carbonyl (C=O) groups excluding carboxylic acids is 1. The number of aliphatic hydroxyl groups excluding tert-OH is 1. The fourth-order valence-corrected chi connectivity index (χ4v) is 3.03. The van der Waals surface area contributed by atoms with Gasteiger partial charge in [-0.15, -0.1) is 0 Å². The van der Waals surface area contributed by atoms with Crippen molar-refractivity contribution in [3.05, 3.63) is 42.2 Å². The predicted octanol–water partition coefficient (Wildman–Crippen LogP) is 2.73. The molecule has 0 bridgehead atoms. The summed E-state index contributed by atoms with van der Waals surface area (Å²) in [5, 5.41) is 13.1. The van der Waals surface area contributed by atoms with Gasteiger partial charge < -0.3 is 10.4 Å². The van der Waals surface area contributed by atoms with Crippen molar-refractivity contribution in [3.63, 3.8) is 0 Å². The number of thioether (sulfide) groups is 1. The monoisotopic (exact) mass is 333 g/mol. The molecule has 0 aliphatic carbocycles. The van der Waals surface area contributed by atoms with Crippen LogP contribution in [0.3, 0.4) is 0 Å². The van der Waals surface area contributed by atoms with Crippen LogP contribution in [-0.4, -0.2) is 39.5 Å². The van der Waals surface area contributed by atoms with Gasteiger partial charge in [0.2, 0.25) is 0 Å². The van der Waals surface area contributed by atoms with Gasteiger partial charge in [0.05, 0.1) is 12.3 Å². The summed E-state index contributed by atoms with van der Waals surface area (Å²) < 4.78 is 1.86. The van der Waals surface area contributed by atoms with E-state index in [0.29, 0.717) is 18.7 Å². The van der Waals surface area contributed by atoms with Crippen LogP contribution in [0.2, 0.25) is 0 Å². The number of aromatic nitrogens is 2. The third-order valence-electron chi connectivity index (χ3n) is 3.51. The molecule has 0 aliphatic rings. The third kappa shape index (κ3) is 4.59. The van der Waals surface area contributed by atoms with E-state index < -0.39 is 0 Å². The highest BCUT2D eigenvalue weighted by Crippen LogP contribution is 2.21. The van der Waals surface area contributed by atoms with E-state index in [1.54, 1.807) is 13.1 Å². The smallest absolute Gasteiger partial charge is 0.269 e. The van der Waals surface area contributed by atoms with E-state index in [4.69, 9.17) is 0 Å². The summed E-state index contributed by atoms with van der Waals surface area (Å²) in [5.41, 5.74) is 1.43. The van der Waals surface area contributed by atoms with Gasteiger partial charge in [-0.25, -0.2) is 4.98 Å². The van der Waals surface area contributed by atoms with Gasteiger partial charge in [-0.2, -0.15) is 0 Å². The van der Waals surface area contributed by atoms with Gasteiger partial charge in [0.15, 0.2) is 5.16 Å². The average Bonchev–Trinajstić information content (AvgIpc) is 2.96. The largest absolute Gasteiger partial charge is 0.393 e. The van der Waals surface area contributed by atoms with Crippen molar-refractivity contribution < 1.29 is 9.90 Å². The van der Waals surface area contributed by atoms with Crippen LogP contribution >= 0.6 is 11.8 Å². The lowest BCUT2D eigenvalue weighted by molar-refractivity contribution is 0.0932. The predicted molar refractivity (Wildman–Crippen MR) is 93.1 cm³/mol. The maximum atomic E-state index is 12.5. The second-order valence-corrected chi connectivity index (χ2v) is 6.47. The molecule has 0 saturated heterocycles. The molecule has 1 amide bonds. The first-order valence-corrected chi connectivity index (χ1v) is 8.88. The number of imidazole rings is 1. The van der Waals surface area contributed by atoms with E-state index in [2.05, 4.69) is 10.3 Å². The number of rotatable bonds is 7. The van der Waals surface area contributed by atoms with E-state index in [-0.39, 0.29) is 17.9 Å². The lowest BCUT2D eigenvalue weighted by atomic mass is 10.0. The summed E-state index contributed by atoms with van der Waals surface area (Å²) in [7, 11) is 0. The number of carbonyl (C=O) groups is 1. The minimum absolute atomic E-state index is 0.154. The fourth-order valence-electron chi connectivity index (χ4n) is 2.49. The zero-order chi connectivity index (χ0) is 16.8. The molecule has 5 nitrogen and oxygen atoms in total. The van der Waals surface area contributed by atoms with Crippen LogP contribution in [0, 0.1) is 5.92 Å². The van der Waals surface area contributed by atoms with Gasteiger partial charge in [-0.3, -0.25) is 9.36 Å². The van der Waals surface area contributed by atoms with Gasteiger partial charge >= 0.3 is 0 Å². The Morgan fingerprint density at radius 1 is 1.35 bits per heavy atom. The van der Waals surface area contributed by atoms with Crippen molar-refractivity contribution in [2.24, 2.45) is 5.92 Å². The Morgan fingerprint density at radius 3 is 2.65 bits per heavy atom. The van der Waals surface area contributed by atoms with Crippen LogP contribution < -0.4 is 5.32 Å². The Balaban J connectivity index is 2.17. The lowest BCUT2D eigenvalue weighted by Gasteiger charge is -2.15. The molecule has 0 aliphatic heterocycles. The molecule has 1 aromatic heterocycles. The summed E-state index contributed by atoms with van der Waals surface area (Å²) in [6.45, 7) is 4.29. The highest BCUT2D eigenvalue weighted by atomic mass is 32.2. The molecular weight excluding hydrogens is 310 g/mol. The van der Waals surface area contributed by atoms with Crippen molar-refractivity contribution in [2.45, 2.75) is 31.5 Å². The van der Waals surface area contributed by atoms with Gasteiger partial charge in [-0.05, 0) is 37.7 Å². The zero-order valence-corrected chi connectivity index (χ0v) is 14.5. The Morgan fingerprint density at radius 2 is 2.04 bits per heavy atom. The van der Waals surface area contributed by atoms with Crippen LogP contribution in [0.4, 0.5) is 0 Å². The third-order valence-corrected chi connectivity index (χ3v) is 4.17. The minimum Gasteiger partial charge on any atom is -0.393 e. The summed E-state index contributed by atoms with van der Waals surface area (Å²) in [4.78, 5) is 16.8. The molecule has 1 heterocycles. The average molecular weight is 333 g/mol. The zero-order valence-electron chi connectivity index (χ0n) is 13.7. The number of aliphatic hydroxyl groups is 1.